The van der Waals surface area contributed by atoms with E-state index in [0.29, 0.717) is 5.56 Å². The largest absolute Gasteiger partial charge is 0.506 e. The predicted molar refractivity (Wildman–Crippen MR) is 75.6 cm³/mol. The molecule has 0 saturated heterocycles. The van der Waals surface area contributed by atoms with Crippen LogP contribution in [0.1, 0.15) is 0 Å². The molecule has 1 aliphatic rings. The highest BCUT2D eigenvalue weighted by molar-refractivity contribution is 7.91. The number of benzene rings is 1. The van der Waals surface area contributed by atoms with Gasteiger partial charge in [-0.05, 0) is 17.7 Å². The average Bonchev–Trinajstić information content (AvgIpc) is 2.93. The standard InChI is InChI=1S/C12H12N4O4S/c1-15-6-9(5-13-15)8-2-3-11(17)10(4-8)16-7-12(18)14-21(16,19)20/h2-7,14,17-18H,1H3. The number of anilines is 1. The molecule has 0 spiro atoms. The lowest BCUT2D eigenvalue weighted by Gasteiger charge is -2.16. The van der Waals surface area contributed by atoms with Crippen molar-refractivity contribution in [3.05, 3.63) is 42.7 Å². The highest BCUT2D eigenvalue weighted by Gasteiger charge is 2.30. The summed E-state index contributed by atoms with van der Waals surface area (Å²) in [6.45, 7) is 0. The average molecular weight is 308 g/mol. The quantitative estimate of drug-likeness (QED) is 0.760. The first-order valence-corrected chi connectivity index (χ1v) is 7.36. The number of phenolic OH excluding ortho intramolecular Hbond substituents is 1. The fourth-order valence-corrected chi connectivity index (χ4v) is 3.10. The van der Waals surface area contributed by atoms with Gasteiger partial charge < -0.3 is 10.2 Å². The Labute approximate surface area is 120 Å². The first-order valence-electron chi connectivity index (χ1n) is 5.92. The molecule has 0 aliphatic carbocycles. The Hall–Kier alpha value is -2.68. The molecule has 0 saturated carbocycles. The summed E-state index contributed by atoms with van der Waals surface area (Å²) in [4.78, 5) is 0. The molecular formula is C12H12N4O4S. The smallest absolute Gasteiger partial charge is 0.330 e. The molecule has 3 N–H and O–H groups in total. The van der Waals surface area contributed by atoms with E-state index < -0.39 is 16.1 Å². The molecule has 1 aromatic carbocycles. The Morgan fingerprint density at radius 1 is 1.24 bits per heavy atom. The fourth-order valence-electron chi connectivity index (χ4n) is 2.04. The molecule has 3 rings (SSSR count). The van der Waals surface area contributed by atoms with E-state index in [1.165, 1.54) is 12.1 Å². The number of aromatic nitrogens is 2. The fraction of sp³-hybridized carbons (Fsp3) is 0.0833. The van der Waals surface area contributed by atoms with Crippen LogP contribution in [0.2, 0.25) is 0 Å². The second kappa shape index (κ2) is 4.42. The number of nitrogens with one attached hydrogen (secondary N) is 1. The predicted octanol–water partition coefficient (Wildman–Crippen LogP) is 0.804. The first-order chi connectivity index (χ1) is 9.87. The molecule has 110 valence electrons. The molecule has 2 aromatic rings. The van der Waals surface area contributed by atoms with Crippen molar-refractivity contribution in [2.75, 3.05) is 4.31 Å². The molecule has 9 heteroatoms. The second-order valence-electron chi connectivity index (χ2n) is 4.52. The molecule has 0 unspecified atom stereocenters. The number of rotatable bonds is 2. The van der Waals surface area contributed by atoms with Gasteiger partial charge in [-0.25, -0.2) is 9.03 Å². The molecule has 2 heterocycles. The van der Waals surface area contributed by atoms with Gasteiger partial charge in [0.15, 0.2) is 0 Å². The van der Waals surface area contributed by atoms with E-state index >= 15 is 0 Å². The Morgan fingerprint density at radius 3 is 2.57 bits per heavy atom. The van der Waals surface area contributed by atoms with Crippen LogP contribution in [0, 0.1) is 0 Å². The molecule has 21 heavy (non-hydrogen) atoms. The van der Waals surface area contributed by atoms with Gasteiger partial charge in [0.05, 0.1) is 12.4 Å². The van der Waals surface area contributed by atoms with E-state index in [4.69, 9.17) is 0 Å². The summed E-state index contributed by atoms with van der Waals surface area (Å²) >= 11 is 0. The Balaban J connectivity index is 2.11. The van der Waals surface area contributed by atoms with Crippen molar-refractivity contribution in [2.24, 2.45) is 7.05 Å². The number of aryl methyl sites for hydroxylation is 1. The van der Waals surface area contributed by atoms with E-state index in [1.54, 1.807) is 30.2 Å². The third-order valence-electron chi connectivity index (χ3n) is 2.98. The maximum absolute atomic E-state index is 11.9. The summed E-state index contributed by atoms with van der Waals surface area (Å²) < 4.78 is 28.0. The maximum Gasteiger partial charge on any atom is 0.330 e. The third-order valence-corrected chi connectivity index (χ3v) is 4.27. The van der Waals surface area contributed by atoms with Gasteiger partial charge in [-0.3, -0.25) is 4.68 Å². The molecule has 1 aliphatic heterocycles. The van der Waals surface area contributed by atoms with Gasteiger partial charge in [-0.2, -0.15) is 13.5 Å². The van der Waals surface area contributed by atoms with Crippen LogP contribution >= 0.6 is 0 Å². The van der Waals surface area contributed by atoms with Crippen LogP contribution in [0.25, 0.3) is 11.1 Å². The minimum Gasteiger partial charge on any atom is -0.506 e. The van der Waals surface area contributed by atoms with Crippen molar-refractivity contribution in [1.29, 1.82) is 0 Å². The lowest BCUT2D eigenvalue weighted by Crippen LogP contribution is -2.29. The van der Waals surface area contributed by atoms with Crippen molar-refractivity contribution >= 4 is 15.9 Å². The Bertz CT molecular complexity index is 841. The third kappa shape index (κ3) is 2.27. The van der Waals surface area contributed by atoms with Gasteiger partial charge in [0.25, 0.3) is 0 Å². The number of aliphatic hydroxyl groups excluding tert-OH is 1. The van der Waals surface area contributed by atoms with Gasteiger partial charge in [-0.15, -0.1) is 0 Å². The molecule has 1 aromatic heterocycles. The second-order valence-corrected chi connectivity index (χ2v) is 6.07. The van der Waals surface area contributed by atoms with Crippen molar-refractivity contribution in [2.45, 2.75) is 0 Å². The van der Waals surface area contributed by atoms with Gasteiger partial charge >= 0.3 is 10.2 Å². The summed E-state index contributed by atoms with van der Waals surface area (Å²) in [7, 11) is -2.18. The van der Waals surface area contributed by atoms with Gasteiger partial charge in [0, 0.05) is 18.8 Å². The molecular weight excluding hydrogens is 296 g/mol. The molecule has 0 fully saturated rings. The Morgan fingerprint density at radius 2 is 2.00 bits per heavy atom. The number of hydrogen-bond donors (Lipinski definition) is 3. The zero-order chi connectivity index (χ0) is 15.2. The SMILES string of the molecule is Cn1cc(-c2ccc(O)c(N3C=C(O)NS3(=O)=O)c2)cn1. The van der Waals surface area contributed by atoms with E-state index in [9.17, 15) is 18.6 Å². The topological polar surface area (TPSA) is 108 Å². The van der Waals surface area contributed by atoms with Crippen LogP contribution < -0.4 is 9.03 Å². The Kier molecular flexibility index (Phi) is 2.80. The lowest BCUT2D eigenvalue weighted by atomic mass is 10.1. The minimum atomic E-state index is -3.95. The van der Waals surface area contributed by atoms with Crippen LogP contribution in [-0.4, -0.2) is 28.4 Å². The van der Waals surface area contributed by atoms with Crippen molar-refractivity contribution in [3.63, 3.8) is 0 Å². The number of nitrogens with zero attached hydrogens (tertiary/aromatic N) is 3. The zero-order valence-electron chi connectivity index (χ0n) is 10.9. The summed E-state index contributed by atoms with van der Waals surface area (Å²) in [5, 5.41) is 23.3. The van der Waals surface area contributed by atoms with E-state index in [2.05, 4.69) is 5.10 Å². The first kappa shape index (κ1) is 13.3. The molecule has 0 amide bonds. The molecule has 0 atom stereocenters. The summed E-state index contributed by atoms with van der Waals surface area (Å²) in [6.07, 6.45) is 4.37. The molecule has 8 nitrogen and oxygen atoms in total. The minimum absolute atomic E-state index is 0.0351. The van der Waals surface area contributed by atoms with Crippen molar-refractivity contribution < 1.29 is 18.6 Å². The van der Waals surface area contributed by atoms with Crippen LogP contribution in [0.15, 0.2) is 42.7 Å². The van der Waals surface area contributed by atoms with Crippen molar-refractivity contribution in [1.82, 2.24) is 14.5 Å². The highest BCUT2D eigenvalue weighted by Crippen LogP contribution is 2.35. The number of aromatic hydroxyl groups is 1. The van der Waals surface area contributed by atoms with E-state index in [-0.39, 0.29) is 11.4 Å². The normalized spacial score (nSPS) is 16.6. The van der Waals surface area contributed by atoms with Gasteiger partial charge in [0.1, 0.15) is 11.4 Å². The maximum atomic E-state index is 11.9. The van der Waals surface area contributed by atoms with E-state index in [0.717, 1.165) is 16.1 Å². The van der Waals surface area contributed by atoms with Crippen LogP contribution in [0.5, 0.6) is 5.75 Å². The van der Waals surface area contributed by atoms with Gasteiger partial charge in [-0.1, -0.05) is 6.07 Å². The van der Waals surface area contributed by atoms with Crippen molar-refractivity contribution in [3.8, 4) is 16.9 Å². The monoisotopic (exact) mass is 308 g/mol. The van der Waals surface area contributed by atoms with Gasteiger partial charge in [0.2, 0.25) is 5.88 Å². The lowest BCUT2D eigenvalue weighted by molar-refractivity contribution is 0.392. The zero-order valence-corrected chi connectivity index (χ0v) is 11.7. The summed E-state index contributed by atoms with van der Waals surface area (Å²) in [5.41, 5.74) is 1.50. The van der Waals surface area contributed by atoms with E-state index in [1.807, 2.05) is 4.72 Å². The molecule has 0 radical (unpaired) electrons. The summed E-state index contributed by atoms with van der Waals surface area (Å²) in [6, 6.07) is 4.53. The van der Waals surface area contributed by atoms with Crippen LogP contribution in [0.3, 0.4) is 0 Å². The van der Waals surface area contributed by atoms with Crippen LogP contribution in [-0.2, 0) is 17.3 Å². The molecule has 0 bridgehead atoms. The number of hydrogen-bond acceptors (Lipinski definition) is 5. The number of phenols is 1. The summed E-state index contributed by atoms with van der Waals surface area (Å²) in [5.74, 6) is -0.736. The highest BCUT2D eigenvalue weighted by atomic mass is 32.2. The van der Waals surface area contributed by atoms with Crippen LogP contribution in [0.4, 0.5) is 5.69 Å². The number of aliphatic hydroxyl groups is 1.